The Labute approximate surface area is 124 Å². The van der Waals surface area contributed by atoms with Crippen molar-refractivity contribution in [2.75, 3.05) is 0 Å². The SMILES string of the molecule is Cc1ccc(C(=O)NC(C)c2ccc(C(F)(F)F)cc2)s1. The van der Waals surface area contributed by atoms with E-state index in [1.807, 2.05) is 13.0 Å². The van der Waals surface area contributed by atoms with E-state index in [0.29, 0.717) is 10.4 Å². The molecule has 6 heteroatoms. The van der Waals surface area contributed by atoms with Crippen LogP contribution in [0.25, 0.3) is 0 Å². The molecule has 2 rings (SSSR count). The van der Waals surface area contributed by atoms with Gasteiger partial charge in [0.1, 0.15) is 0 Å². The summed E-state index contributed by atoms with van der Waals surface area (Å²) in [6.45, 7) is 3.64. The lowest BCUT2D eigenvalue weighted by atomic mass is 10.1. The molecule has 0 saturated heterocycles. The van der Waals surface area contributed by atoms with Gasteiger partial charge in [-0.25, -0.2) is 0 Å². The van der Waals surface area contributed by atoms with E-state index in [9.17, 15) is 18.0 Å². The highest BCUT2D eigenvalue weighted by Gasteiger charge is 2.30. The van der Waals surface area contributed by atoms with Crippen LogP contribution in [0.1, 0.15) is 38.6 Å². The average Bonchev–Trinajstić information content (AvgIpc) is 2.84. The zero-order valence-corrected chi connectivity index (χ0v) is 12.3. The Hall–Kier alpha value is -1.82. The molecule has 0 spiro atoms. The van der Waals surface area contributed by atoms with Crippen LogP contribution >= 0.6 is 11.3 Å². The summed E-state index contributed by atoms with van der Waals surface area (Å²) in [4.78, 5) is 13.6. The van der Waals surface area contributed by atoms with Gasteiger partial charge in [-0.05, 0) is 43.7 Å². The summed E-state index contributed by atoms with van der Waals surface area (Å²) in [6, 6.07) is 8.03. The van der Waals surface area contributed by atoms with Crippen LogP contribution in [0.2, 0.25) is 0 Å². The Morgan fingerprint density at radius 2 is 1.76 bits per heavy atom. The van der Waals surface area contributed by atoms with Gasteiger partial charge in [-0.3, -0.25) is 4.79 Å². The van der Waals surface area contributed by atoms with Crippen LogP contribution in [-0.4, -0.2) is 5.91 Å². The van der Waals surface area contributed by atoms with Crippen LogP contribution in [0.15, 0.2) is 36.4 Å². The third-order valence-electron chi connectivity index (χ3n) is 3.05. The molecule has 1 aromatic heterocycles. The van der Waals surface area contributed by atoms with Gasteiger partial charge in [0.05, 0.1) is 16.5 Å². The summed E-state index contributed by atoms with van der Waals surface area (Å²) in [7, 11) is 0. The third kappa shape index (κ3) is 3.85. The lowest BCUT2D eigenvalue weighted by Crippen LogP contribution is -2.25. The minimum atomic E-state index is -4.35. The lowest BCUT2D eigenvalue weighted by molar-refractivity contribution is -0.137. The number of benzene rings is 1. The van der Waals surface area contributed by atoms with Crippen molar-refractivity contribution in [2.24, 2.45) is 0 Å². The molecular formula is C15H14F3NOS. The molecule has 1 atom stereocenters. The summed E-state index contributed by atoms with van der Waals surface area (Å²) in [5.41, 5.74) is -0.0664. The van der Waals surface area contributed by atoms with Gasteiger partial charge in [-0.1, -0.05) is 12.1 Å². The van der Waals surface area contributed by atoms with Crippen LogP contribution in [0.3, 0.4) is 0 Å². The largest absolute Gasteiger partial charge is 0.416 e. The van der Waals surface area contributed by atoms with E-state index in [2.05, 4.69) is 5.32 Å². The van der Waals surface area contributed by atoms with Crippen LogP contribution in [0.4, 0.5) is 13.2 Å². The molecule has 112 valence electrons. The summed E-state index contributed by atoms with van der Waals surface area (Å²) >= 11 is 1.38. The molecule has 0 fully saturated rings. The van der Waals surface area contributed by atoms with Crippen molar-refractivity contribution in [3.8, 4) is 0 Å². The fourth-order valence-corrected chi connectivity index (χ4v) is 2.64. The van der Waals surface area contributed by atoms with E-state index < -0.39 is 11.7 Å². The molecule has 21 heavy (non-hydrogen) atoms. The van der Waals surface area contributed by atoms with Gasteiger partial charge in [0, 0.05) is 4.88 Å². The Morgan fingerprint density at radius 1 is 1.14 bits per heavy atom. The molecule has 0 aliphatic heterocycles. The topological polar surface area (TPSA) is 29.1 Å². The molecule has 2 nitrogen and oxygen atoms in total. The molecule has 0 aliphatic carbocycles. The number of alkyl halides is 3. The lowest BCUT2D eigenvalue weighted by Gasteiger charge is -2.15. The summed E-state index contributed by atoms with van der Waals surface area (Å²) in [5.74, 6) is -0.222. The number of amides is 1. The standard InChI is InChI=1S/C15H14F3NOS/c1-9-3-8-13(21-9)14(20)19-10(2)11-4-6-12(7-5-11)15(16,17)18/h3-8,10H,1-2H3,(H,19,20). The highest BCUT2D eigenvalue weighted by Crippen LogP contribution is 2.30. The first kappa shape index (κ1) is 15.6. The van der Waals surface area contributed by atoms with Crippen LogP contribution in [-0.2, 0) is 6.18 Å². The smallest absolute Gasteiger partial charge is 0.345 e. The summed E-state index contributed by atoms with van der Waals surface area (Å²) in [5, 5.41) is 2.77. The first-order chi connectivity index (χ1) is 9.77. The molecule has 1 N–H and O–H groups in total. The van der Waals surface area contributed by atoms with Gasteiger partial charge in [-0.15, -0.1) is 11.3 Å². The van der Waals surface area contributed by atoms with Crippen LogP contribution in [0, 0.1) is 6.92 Å². The van der Waals surface area contributed by atoms with Crippen molar-refractivity contribution in [1.29, 1.82) is 0 Å². The highest BCUT2D eigenvalue weighted by atomic mass is 32.1. The number of aryl methyl sites for hydroxylation is 1. The van der Waals surface area contributed by atoms with Gasteiger partial charge in [0.15, 0.2) is 0 Å². The number of carbonyl (C=O) groups excluding carboxylic acids is 1. The van der Waals surface area contributed by atoms with E-state index >= 15 is 0 Å². The van der Waals surface area contributed by atoms with Crippen LogP contribution < -0.4 is 5.32 Å². The number of thiophene rings is 1. The molecule has 0 aliphatic rings. The molecule has 0 saturated carbocycles. The Balaban J connectivity index is 2.06. The average molecular weight is 313 g/mol. The van der Waals surface area contributed by atoms with Crippen molar-refractivity contribution in [3.63, 3.8) is 0 Å². The Bertz CT molecular complexity index is 631. The fraction of sp³-hybridized carbons (Fsp3) is 0.267. The first-order valence-corrected chi connectivity index (χ1v) is 7.13. The van der Waals surface area contributed by atoms with E-state index in [4.69, 9.17) is 0 Å². The molecule has 0 bridgehead atoms. The fourth-order valence-electron chi connectivity index (χ4n) is 1.87. The molecule has 1 aromatic carbocycles. The molecule has 1 heterocycles. The van der Waals surface area contributed by atoms with E-state index in [1.54, 1.807) is 13.0 Å². The second kappa shape index (κ2) is 5.89. The highest BCUT2D eigenvalue weighted by molar-refractivity contribution is 7.13. The molecule has 1 amide bonds. The predicted molar refractivity (Wildman–Crippen MR) is 76.4 cm³/mol. The maximum atomic E-state index is 12.5. The number of hydrogen-bond donors (Lipinski definition) is 1. The molecule has 1 unspecified atom stereocenters. The van der Waals surface area contributed by atoms with Gasteiger partial charge in [-0.2, -0.15) is 13.2 Å². The van der Waals surface area contributed by atoms with Crippen molar-refractivity contribution >= 4 is 17.2 Å². The zero-order valence-electron chi connectivity index (χ0n) is 11.5. The maximum Gasteiger partial charge on any atom is 0.416 e. The number of nitrogens with one attached hydrogen (secondary N) is 1. The van der Waals surface area contributed by atoms with Crippen molar-refractivity contribution < 1.29 is 18.0 Å². The predicted octanol–water partition coefficient (Wildman–Crippen LogP) is 4.57. The molecule has 0 radical (unpaired) electrons. The molecular weight excluding hydrogens is 299 g/mol. The number of halogens is 3. The second-order valence-corrected chi connectivity index (χ2v) is 6.01. The third-order valence-corrected chi connectivity index (χ3v) is 4.05. The molecule has 2 aromatic rings. The Kier molecular flexibility index (Phi) is 4.37. The number of carbonyl (C=O) groups is 1. The van der Waals surface area contributed by atoms with Gasteiger partial charge < -0.3 is 5.32 Å². The normalized spacial score (nSPS) is 13.0. The van der Waals surface area contributed by atoms with E-state index in [0.717, 1.165) is 17.0 Å². The van der Waals surface area contributed by atoms with Crippen molar-refractivity contribution in [1.82, 2.24) is 5.32 Å². The zero-order chi connectivity index (χ0) is 15.6. The minimum absolute atomic E-state index is 0.222. The van der Waals surface area contributed by atoms with Gasteiger partial charge in [0.2, 0.25) is 0 Å². The minimum Gasteiger partial charge on any atom is -0.345 e. The summed E-state index contributed by atoms with van der Waals surface area (Å²) in [6.07, 6.45) is -4.35. The number of hydrogen-bond acceptors (Lipinski definition) is 2. The van der Waals surface area contributed by atoms with Crippen molar-refractivity contribution in [2.45, 2.75) is 26.1 Å². The maximum absolute atomic E-state index is 12.5. The summed E-state index contributed by atoms with van der Waals surface area (Å²) < 4.78 is 37.5. The van der Waals surface area contributed by atoms with Crippen LogP contribution in [0.5, 0.6) is 0 Å². The first-order valence-electron chi connectivity index (χ1n) is 6.32. The van der Waals surface area contributed by atoms with Gasteiger partial charge >= 0.3 is 6.18 Å². The van der Waals surface area contributed by atoms with E-state index in [1.165, 1.54) is 23.5 Å². The number of rotatable bonds is 3. The second-order valence-electron chi connectivity index (χ2n) is 4.73. The Morgan fingerprint density at radius 3 is 2.24 bits per heavy atom. The van der Waals surface area contributed by atoms with Gasteiger partial charge in [0.25, 0.3) is 5.91 Å². The van der Waals surface area contributed by atoms with E-state index in [-0.39, 0.29) is 11.9 Å². The monoisotopic (exact) mass is 313 g/mol. The quantitative estimate of drug-likeness (QED) is 0.884. The van der Waals surface area contributed by atoms with Crippen molar-refractivity contribution in [3.05, 3.63) is 57.3 Å².